The Labute approximate surface area is 167 Å². The van der Waals surface area contributed by atoms with Crippen molar-refractivity contribution in [2.45, 2.75) is 18.8 Å². The molecule has 1 aliphatic rings. The van der Waals surface area contributed by atoms with Crippen molar-refractivity contribution in [3.05, 3.63) is 53.1 Å². The number of carbonyl (C=O) groups is 1. The summed E-state index contributed by atoms with van der Waals surface area (Å²) in [6, 6.07) is 12.8. The molecule has 0 radical (unpaired) electrons. The molecule has 0 aromatic heterocycles. The molecule has 0 fully saturated rings. The minimum Gasteiger partial charge on any atom is -0.482 e. The average molecular weight is 407 g/mol. The van der Waals surface area contributed by atoms with Gasteiger partial charge in [0.25, 0.3) is 0 Å². The first-order valence-corrected chi connectivity index (χ1v) is 9.57. The maximum atomic E-state index is 11.9. The summed E-state index contributed by atoms with van der Waals surface area (Å²) >= 11 is 7.59. The second kappa shape index (κ2) is 8.65. The number of hydrogen-bond donors (Lipinski definition) is 0. The Morgan fingerprint density at radius 2 is 2.07 bits per heavy atom. The minimum atomic E-state index is -0.592. The number of thioether (sulfide) groups is 1. The van der Waals surface area contributed by atoms with Crippen LogP contribution in [0.15, 0.2) is 47.5 Å². The Balaban J connectivity index is 1.82. The fraction of sp³-hybridized carbons (Fsp3) is 0.263. The van der Waals surface area contributed by atoms with Gasteiger partial charge in [0.05, 0.1) is 19.9 Å². The summed E-state index contributed by atoms with van der Waals surface area (Å²) in [6.07, 6.45) is -0.764. The van der Waals surface area contributed by atoms with Crippen molar-refractivity contribution in [2.24, 2.45) is 4.99 Å². The average Bonchev–Trinajstić information content (AvgIpc) is 2.68. The van der Waals surface area contributed by atoms with Crippen LogP contribution in [-0.2, 0) is 15.3 Å². The number of rotatable bonds is 4. The van der Waals surface area contributed by atoms with E-state index in [2.05, 4.69) is 4.99 Å². The number of amides is 1. The summed E-state index contributed by atoms with van der Waals surface area (Å²) in [5.41, 5.74) is 2.23. The third-order valence-corrected chi connectivity index (χ3v) is 5.32. The van der Waals surface area contributed by atoms with Gasteiger partial charge >= 0.3 is 6.09 Å². The number of anilines is 1. The molecule has 3 rings (SSSR count). The van der Waals surface area contributed by atoms with Gasteiger partial charge < -0.3 is 9.47 Å². The molecule has 1 heterocycles. The second-order valence-electron chi connectivity index (χ2n) is 5.69. The van der Waals surface area contributed by atoms with Gasteiger partial charge in [-0.05, 0) is 36.8 Å². The van der Waals surface area contributed by atoms with Crippen LogP contribution in [-0.4, -0.2) is 31.5 Å². The quantitative estimate of drug-likeness (QED) is 0.651. The predicted molar refractivity (Wildman–Crippen MR) is 108 cm³/mol. The Hall–Kier alpha value is -2.22. The van der Waals surface area contributed by atoms with Crippen molar-refractivity contribution < 1.29 is 19.1 Å². The molecule has 0 spiro atoms. The van der Waals surface area contributed by atoms with Crippen LogP contribution in [0.4, 0.5) is 16.2 Å². The number of fused-ring (bicyclic) bond motifs is 1. The molecule has 2 aromatic carbocycles. The van der Waals surface area contributed by atoms with Crippen molar-refractivity contribution >= 4 is 45.9 Å². The topological polar surface area (TPSA) is 60.4 Å². The molecule has 8 heteroatoms. The van der Waals surface area contributed by atoms with E-state index in [1.807, 2.05) is 31.2 Å². The standard InChI is InChI=1S/C19H19ClN2O4S/c1-12-18(21-15-10-14(20)8-9-17(15)26-12)27-11-13-6-4-5-7-16(13)22(25-3)19(23)24-2/h4-10,12H,11H2,1-3H3. The monoisotopic (exact) mass is 406 g/mol. The zero-order valence-corrected chi connectivity index (χ0v) is 16.7. The maximum Gasteiger partial charge on any atom is 0.438 e. The molecule has 1 amide bonds. The third kappa shape index (κ3) is 4.37. The second-order valence-corrected chi connectivity index (χ2v) is 7.12. The molecule has 2 aromatic rings. The summed E-state index contributed by atoms with van der Waals surface area (Å²) in [6.45, 7) is 1.95. The van der Waals surface area contributed by atoms with Crippen molar-refractivity contribution in [1.29, 1.82) is 0 Å². The van der Waals surface area contributed by atoms with E-state index >= 15 is 0 Å². The van der Waals surface area contributed by atoms with Gasteiger partial charge in [0, 0.05) is 10.8 Å². The normalized spacial score (nSPS) is 15.4. The van der Waals surface area contributed by atoms with Gasteiger partial charge in [-0.1, -0.05) is 29.8 Å². The van der Waals surface area contributed by atoms with Crippen LogP contribution in [0.2, 0.25) is 5.02 Å². The van der Waals surface area contributed by atoms with E-state index in [4.69, 9.17) is 25.9 Å². The number of hydrogen-bond acceptors (Lipinski definition) is 6. The van der Waals surface area contributed by atoms with Gasteiger partial charge in [-0.3, -0.25) is 4.84 Å². The molecule has 1 atom stereocenters. The van der Waals surface area contributed by atoms with E-state index in [1.165, 1.54) is 26.0 Å². The van der Waals surface area contributed by atoms with Crippen molar-refractivity contribution in [2.75, 3.05) is 19.3 Å². The van der Waals surface area contributed by atoms with Crippen LogP contribution in [0.1, 0.15) is 12.5 Å². The summed E-state index contributed by atoms with van der Waals surface area (Å²) in [7, 11) is 2.73. The van der Waals surface area contributed by atoms with Crippen LogP contribution in [0.5, 0.6) is 5.75 Å². The molecular weight excluding hydrogens is 388 g/mol. The number of ether oxygens (including phenoxy) is 2. The largest absolute Gasteiger partial charge is 0.482 e. The molecule has 0 saturated heterocycles. The van der Waals surface area contributed by atoms with Gasteiger partial charge in [0.1, 0.15) is 22.6 Å². The van der Waals surface area contributed by atoms with E-state index in [9.17, 15) is 4.79 Å². The molecule has 1 unspecified atom stereocenters. The van der Waals surface area contributed by atoms with Crippen molar-refractivity contribution in [1.82, 2.24) is 0 Å². The highest BCUT2D eigenvalue weighted by Gasteiger charge is 2.23. The molecule has 0 bridgehead atoms. The highest BCUT2D eigenvalue weighted by molar-refractivity contribution is 8.13. The van der Waals surface area contributed by atoms with Gasteiger partial charge in [-0.2, -0.15) is 5.06 Å². The van der Waals surface area contributed by atoms with E-state index in [0.717, 1.165) is 15.7 Å². The Morgan fingerprint density at radius 3 is 2.81 bits per heavy atom. The third-order valence-electron chi connectivity index (χ3n) is 3.91. The van der Waals surface area contributed by atoms with Gasteiger partial charge in [0.15, 0.2) is 0 Å². The van der Waals surface area contributed by atoms with Crippen molar-refractivity contribution in [3.63, 3.8) is 0 Å². The Bertz CT molecular complexity index is 875. The van der Waals surface area contributed by atoms with E-state index in [0.29, 0.717) is 27.9 Å². The number of hydroxylamine groups is 1. The lowest BCUT2D eigenvalue weighted by Gasteiger charge is -2.24. The summed E-state index contributed by atoms with van der Waals surface area (Å²) in [4.78, 5) is 21.8. The lowest BCUT2D eigenvalue weighted by Crippen LogP contribution is -2.30. The Kier molecular flexibility index (Phi) is 6.26. The van der Waals surface area contributed by atoms with Gasteiger partial charge in [-0.25, -0.2) is 9.79 Å². The zero-order valence-electron chi connectivity index (χ0n) is 15.1. The zero-order chi connectivity index (χ0) is 19.4. The lowest BCUT2D eigenvalue weighted by molar-refractivity contribution is 0.115. The minimum absolute atomic E-state index is 0.171. The summed E-state index contributed by atoms with van der Waals surface area (Å²) in [5, 5.41) is 2.56. The van der Waals surface area contributed by atoms with Crippen LogP contribution in [0.25, 0.3) is 0 Å². The highest BCUT2D eigenvalue weighted by atomic mass is 35.5. The number of aliphatic imine (C=N–C) groups is 1. The maximum absolute atomic E-state index is 11.9. The first-order chi connectivity index (χ1) is 13.0. The fourth-order valence-electron chi connectivity index (χ4n) is 2.61. The first kappa shape index (κ1) is 19.5. The van der Waals surface area contributed by atoms with Crippen LogP contribution < -0.4 is 9.80 Å². The van der Waals surface area contributed by atoms with Crippen LogP contribution >= 0.6 is 23.4 Å². The van der Waals surface area contributed by atoms with E-state index < -0.39 is 6.09 Å². The first-order valence-electron chi connectivity index (χ1n) is 8.21. The van der Waals surface area contributed by atoms with Crippen LogP contribution in [0.3, 0.4) is 0 Å². The summed E-state index contributed by atoms with van der Waals surface area (Å²) < 4.78 is 10.7. The molecule has 0 N–H and O–H groups in total. The number of methoxy groups -OCH3 is 1. The number of benzene rings is 2. The number of nitrogens with zero attached hydrogens (tertiary/aromatic N) is 2. The van der Waals surface area contributed by atoms with Crippen LogP contribution in [0, 0.1) is 0 Å². The predicted octanol–water partition coefficient (Wildman–Crippen LogP) is 5.22. The molecule has 6 nitrogen and oxygen atoms in total. The van der Waals surface area contributed by atoms with Crippen molar-refractivity contribution in [3.8, 4) is 5.75 Å². The molecule has 142 valence electrons. The van der Waals surface area contributed by atoms with E-state index in [1.54, 1.807) is 18.2 Å². The van der Waals surface area contributed by atoms with Gasteiger partial charge in [0.2, 0.25) is 0 Å². The molecule has 0 aliphatic carbocycles. The lowest BCUT2D eigenvalue weighted by atomic mass is 10.2. The highest BCUT2D eigenvalue weighted by Crippen LogP contribution is 2.37. The SMILES string of the molecule is COC(=O)N(OC)c1ccccc1CSC1=Nc2cc(Cl)ccc2OC1C. The van der Waals surface area contributed by atoms with Gasteiger partial charge in [-0.15, -0.1) is 11.8 Å². The molecular formula is C19H19ClN2O4S. The summed E-state index contributed by atoms with van der Waals surface area (Å²) in [5.74, 6) is 1.29. The van der Waals surface area contributed by atoms with E-state index in [-0.39, 0.29) is 6.10 Å². The smallest absolute Gasteiger partial charge is 0.438 e. The fourth-order valence-corrected chi connectivity index (χ4v) is 3.77. The number of para-hydroxylation sites is 1. The Morgan fingerprint density at radius 1 is 1.30 bits per heavy atom. The number of carbonyl (C=O) groups excluding carboxylic acids is 1. The molecule has 1 aliphatic heterocycles. The molecule has 27 heavy (non-hydrogen) atoms. The molecule has 0 saturated carbocycles. The number of halogens is 1.